The molecule has 2 atom stereocenters. The van der Waals surface area contributed by atoms with Gasteiger partial charge in [-0.25, -0.2) is 8.78 Å². The fraction of sp³-hybridized carbons (Fsp3) is 0.278. The van der Waals surface area contributed by atoms with Gasteiger partial charge in [-0.3, -0.25) is 9.59 Å². The van der Waals surface area contributed by atoms with E-state index in [0.29, 0.717) is 12.8 Å². The lowest BCUT2D eigenvalue weighted by Crippen LogP contribution is -2.37. The van der Waals surface area contributed by atoms with Crippen molar-refractivity contribution in [3.63, 3.8) is 0 Å². The smallest absolute Gasteiger partial charge is 0.247 e. The summed E-state index contributed by atoms with van der Waals surface area (Å²) in [7, 11) is 0. The van der Waals surface area contributed by atoms with E-state index in [0.717, 1.165) is 0 Å². The van der Waals surface area contributed by atoms with Gasteiger partial charge in [0.15, 0.2) is 5.82 Å². The highest BCUT2D eigenvalue weighted by Crippen LogP contribution is 2.30. The largest absolute Gasteiger partial charge is 0.398 e. The third-order valence-electron chi connectivity index (χ3n) is 4.41. The van der Waals surface area contributed by atoms with E-state index < -0.39 is 29.5 Å². The van der Waals surface area contributed by atoms with Gasteiger partial charge in [-0.1, -0.05) is 6.08 Å². The van der Waals surface area contributed by atoms with Gasteiger partial charge in [-0.05, 0) is 37.1 Å². The Morgan fingerprint density at radius 2 is 2.12 bits per heavy atom. The van der Waals surface area contributed by atoms with Crippen LogP contribution in [0.3, 0.4) is 0 Å². The van der Waals surface area contributed by atoms with Gasteiger partial charge in [-0.2, -0.15) is 0 Å². The first-order valence-corrected chi connectivity index (χ1v) is 8.17. The normalized spacial score (nSPS) is 21.9. The minimum absolute atomic E-state index is 0.0306. The lowest BCUT2D eigenvalue weighted by atomic mass is 9.89. The summed E-state index contributed by atoms with van der Waals surface area (Å²) in [6, 6.07) is 1.96. The van der Waals surface area contributed by atoms with Crippen LogP contribution in [-0.4, -0.2) is 23.6 Å². The zero-order chi connectivity index (χ0) is 18.8. The summed E-state index contributed by atoms with van der Waals surface area (Å²) in [6.45, 7) is 0. The number of halogens is 2. The maximum Gasteiger partial charge on any atom is 0.247 e. The summed E-state index contributed by atoms with van der Waals surface area (Å²) in [5, 5.41) is 13.2. The van der Waals surface area contributed by atoms with E-state index in [2.05, 4.69) is 10.6 Å². The first kappa shape index (κ1) is 17.8. The minimum Gasteiger partial charge on any atom is -0.398 e. The van der Waals surface area contributed by atoms with E-state index in [9.17, 15) is 18.4 Å². The molecule has 136 valence electrons. The van der Waals surface area contributed by atoms with Crippen molar-refractivity contribution in [1.29, 1.82) is 5.41 Å². The van der Waals surface area contributed by atoms with Crippen LogP contribution >= 0.6 is 0 Å². The number of hydrogen-bond donors (Lipinski definition) is 4. The molecule has 3 rings (SSSR count). The second kappa shape index (κ2) is 7.07. The van der Waals surface area contributed by atoms with Crippen molar-refractivity contribution in [2.24, 2.45) is 5.92 Å². The number of benzene rings is 1. The molecule has 0 saturated carbocycles. The van der Waals surface area contributed by atoms with Gasteiger partial charge in [0.25, 0.3) is 0 Å². The highest BCUT2D eigenvalue weighted by Gasteiger charge is 2.29. The zero-order valence-corrected chi connectivity index (χ0v) is 13.8. The molecule has 1 aromatic rings. The molecule has 0 aromatic heterocycles. The lowest BCUT2D eigenvalue weighted by Gasteiger charge is -2.19. The molecule has 1 heterocycles. The summed E-state index contributed by atoms with van der Waals surface area (Å²) in [4.78, 5) is 23.4. The van der Waals surface area contributed by atoms with Gasteiger partial charge in [0.1, 0.15) is 11.9 Å². The molecule has 8 heteroatoms. The second-order valence-electron chi connectivity index (χ2n) is 6.25. The molecule has 1 aliphatic carbocycles. The average Bonchev–Trinajstić information content (AvgIpc) is 3.04. The monoisotopic (exact) mass is 360 g/mol. The van der Waals surface area contributed by atoms with E-state index in [4.69, 9.17) is 11.1 Å². The summed E-state index contributed by atoms with van der Waals surface area (Å²) in [5.74, 6) is -2.76. The van der Waals surface area contributed by atoms with Crippen LogP contribution in [0.1, 0.15) is 24.8 Å². The van der Waals surface area contributed by atoms with Crippen LogP contribution in [0.2, 0.25) is 0 Å². The third kappa shape index (κ3) is 3.49. The quantitative estimate of drug-likeness (QED) is 0.489. The predicted octanol–water partition coefficient (Wildman–Crippen LogP) is 2.42. The van der Waals surface area contributed by atoms with Crippen molar-refractivity contribution >= 4 is 28.9 Å². The summed E-state index contributed by atoms with van der Waals surface area (Å²) in [5.41, 5.74) is 5.39. The number of anilines is 2. The molecule has 26 heavy (non-hydrogen) atoms. The SMILES string of the molecule is N=C(c1c(N)ccc(NC(=O)[C@H]2CCC(=O)N2)c1F)C1C=C(F)C=CC1. The average molecular weight is 360 g/mol. The highest BCUT2D eigenvalue weighted by molar-refractivity contribution is 6.07. The van der Waals surface area contributed by atoms with Crippen molar-refractivity contribution in [3.8, 4) is 0 Å². The molecular weight excluding hydrogens is 342 g/mol. The van der Waals surface area contributed by atoms with Crippen LogP contribution in [-0.2, 0) is 9.59 Å². The molecule has 1 saturated heterocycles. The number of carbonyl (C=O) groups excluding carboxylic acids is 2. The van der Waals surface area contributed by atoms with Crippen LogP contribution in [0, 0.1) is 17.1 Å². The van der Waals surface area contributed by atoms with E-state index in [1.54, 1.807) is 6.08 Å². The Kier molecular flexibility index (Phi) is 4.83. The standard InChI is InChI=1S/C18H18F2N4O2/c19-10-3-1-2-9(8-10)17(22)15-11(21)4-5-12(16(15)20)24-18(26)13-6-7-14(25)23-13/h1,3-5,8-9,13,22H,2,6-7,21H2,(H,23,25)(H,24,26)/t9?,13-/m1/s1. The zero-order valence-electron chi connectivity index (χ0n) is 13.8. The second-order valence-corrected chi connectivity index (χ2v) is 6.25. The molecule has 1 unspecified atom stereocenters. The minimum atomic E-state index is -0.851. The number of carbonyl (C=O) groups is 2. The number of amides is 2. The third-order valence-corrected chi connectivity index (χ3v) is 4.41. The first-order chi connectivity index (χ1) is 12.4. The maximum absolute atomic E-state index is 14.9. The Bertz CT molecular complexity index is 848. The van der Waals surface area contributed by atoms with Crippen LogP contribution in [0.25, 0.3) is 0 Å². The van der Waals surface area contributed by atoms with Gasteiger partial charge in [0.2, 0.25) is 11.8 Å². The Morgan fingerprint density at radius 3 is 2.77 bits per heavy atom. The molecule has 1 aliphatic heterocycles. The molecule has 0 bridgehead atoms. The van der Waals surface area contributed by atoms with Crippen molar-refractivity contribution in [1.82, 2.24) is 5.32 Å². The number of rotatable bonds is 4. The molecule has 2 aliphatic rings. The number of allylic oxidation sites excluding steroid dienone is 4. The number of nitrogens with one attached hydrogen (secondary N) is 3. The predicted molar refractivity (Wildman–Crippen MR) is 93.9 cm³/mol. The van der Waals surface area contributed by atoms with Gasteiger partial charge in [0.05, 0.1) is 17.0 Å². The van der Waals surface area contributed by atoms with Crippen LogP contribution in [0.15, 0.2) is 36.2 Å². The van der Waals surface area contributed by atoms with Crippen LogP contribution in [0.5, 0.6) is 0 Å². The molecule has 2 amide bonds. The molecule has 1 fully saturated rings. The number of nitrogens with two attached hydrogens (primary N) is 1. The highest BCUT2D eigenvalue weighted by atomic mass is 19.1. The van der Waals surface area contributed by atoms with Gasteiger partial charge in [0, 0.05) is 18.0 Å². The fourth-order valence-electron chi connectivity index (χ4n) is 3.02. The van der Waals surface area contributed by atoms with Crippen molar-refractivity contribution in [2.75, 3.05) is 11.1 Å². The molecule has 6 nitrogen and oxygen atoms in total. The lowest BCUT2D eigenvalue weighted by molar-refractivity contribution is -0.122. The summed E-state index contributed by atoms with van der Waals surface area (Å²) in [6.07, 6.45) is 5.02. The number of nitrogen functional groups attached to an aromatic ring is 1. The van der Waals surface area contributed by atoms with Crippen LogP contribution < -0.4 is 16.4 Å². The van der Waals surface area contributed by atoms with Crippen molar-refractivity contribution < 1.29 is 18.4 Å². The van der Waals surface area contributed by atoms with Crippen LogP contribution in [0.4, 0.5) is 20.2 Å². The van der Waals surface area contributed by atoms with E-state index >= 15 is 0 Å². The molecular formula is C18H18F2N4O2. The maximum atomic E-state index is 14.9. The van der Waals surface area contributed by atoms with E-state index in [1.807, 2.05) is 0 Å². The molecule has 5 N–H and O–H groups in total. The van der Waals surface area contributed by atoms with Gasteiger partial charge in [-0.15, -0.1) is 0 Å². The molecule has 1 aromatic carbocycles. The van der Waals surface area contributed by atoms with E-state index in [1.165, 1.54) is 24.3 Å². The Balaban J connectivity index is 1.84. The fourth-order valence-corrected chi connectivity index (χ4v) is 3.02. The van der Waals surface area contributed by atoms with E-state index in [-0.39, 0.29) is 35.0 Å². The Labute approximate surface area is 148 Å². The molecule has 0 radical (unpaired) electrons. The Morgan fingerprint density at radius 1 is 1.35 bits per heavy atom. The van der Waals surface area contributed by atoms with Gasteiger partial charge < -0.3 is 21.8 Å². The summed E-state index contributed by atoms with van der Waals surface area (Å²) < 4.78 is 28.3. The topological polar surface area (TPSA) is 108 Å². The van der Waals surface area contributed by atoms with Crippen molar-refractivity contribution in [3.05, 3.63) is 47.6 Å². The van der Waals surface area contributed by atoms with Gasteiger partial charge >= 0.3 is 0 Å². The van der Waals surface area contributed by atoms with Crippen molar-refractivity contribution in [2.45, 2.75) is 25.3 Å². The first-order valence-electron chi connectivity index (χ1n) is 8.17. The Hall–Kier alpha value is -3.03. The number of hydrogen-bond acceptors (Lipinski definition) is 4. The summed E-state index contributed by atoms with van der Waals surface area (Å²) >= 11 is 0. The molecule has 0 spiro atoms.